The molecule has 0 bridgehead atoms. The molecular formula is C18H29N3O4. The lowest BCUT2D eigenvalue weighted by Gasteiger charge is -2.22. The van der Waals surface area contributed by atoms with Crippen LogP contribution in [0.2, 0.25) is 0 Å². The van der Waals surface area contributed by atoms with E-state index in [-0.39, 0.29) is 11.3 Å². The van der Waals surface area contributed by atoms with Crippen molar-refractivity contribution in [1.82, 2.24) is 10.2 Å². The lowest BCUT2D eigenvalue weighted by Crippen LogP contribution is -2.38. The number of nitrogens with one attached hydrogen (secondary N) is 1. The zero-order valence-corrected chi connectivity index (χ0v) is 15.6. The molecule has 0 aliphatic carbocycles. The van der Waals surface area contributed by atoms with Crippen molar-refractivity contribution in [2.75, 3.05) is 47.5 Å². The van der Waals surface area contributed by atoms with Gasteiger partial charge in [-0.25, -0.2) is 0 Å². The van der Waals surface area contributed by atoms with Gasteiger partial charge in [0.25, 0.3) is 0 Å². The zero-order valence-electron chi connectivity index (χ0n) is 15.6. The predicted octanol–water partition coefficient (Wildman–Crippen LogP) is 0.999. The lowest BCUT2D eigenvalue weighted by atomic mass is 9.90. The molecule has 1 atom stereocenters. The molecule has 0 saturated carbocycles. The summed E-state index contributed by atoms with van der Waals surface area (Å²) in [5, 5.41) is 2.95. The van der Waals surface area contributed by atoms with Gasteiger partial charge in [-0.1, -0.05) is 6.92 Å². The highest BCUT2D eigenvalue weighted by Gasteiger charge is 2.33. The van der Waals surface area contributed by atoms with E-state index >= 15 is 0 Å². The van der Waals surface area contributed by atoms with Gasteiger partial charge in [-0.05, 0) is 42.6 Å². The van der Waals surface area contributed by atoms with Gasteiger partial charge in [0.1, 0.15) is 0 Å². The molecule has 2 rings (SSSR count). The monoisotopic (exact) mass is 351 g/mol. The van der Waals surface area contributed by atoms with E-state index in [0.717, 1.165) is 25.1 Å². The van der Waals surface area contributed by atoms with Crippen LogP contribution in [0, 0.1) is 5.41 Å². The van der Waals surface area contributed by atoms with Gasteiger partial charge in [-0.3, -0.25) is 9.69 Å². The third-order valence-corrected chi connectivity index (χ3v) is 4.71. The summed E-state index contributed by atoms with van der Waals surface area (Å²) in [5.74, 6) is 1.68. The molecule has 1 fully saturated rings. The van der Waals surface area contributed by atoms with Crippen LogP contribution in [0.5, 0.6) is 17.2 Å². The standard InChI is InChI=1S/C18H29N3O4/c1-18(11-19)5-6-21(12-18)10-16(22)20-9-13-7-14(23-2)17(25-4)15(8-13)24-3/h7-8H,5-6,9-12,19H2,1-4H3,(H,20,22). The molecule has 1 aromatic carbocycles. The summed E-state index contributed by atoms with van der Waals surface area (Å²) in [6, 6.07) is 3.67. The number of rotatable bonds is 8. The third kappa shape index (κ3) is 4.76. The molecule has 1 heterocycles. The first-order valence-electron chi connectivity index (χ1n) is 8.42. The zero-order chi connectivity index (χ0) is 18.4. The van der Waals surface area contributed by atoms with Crippen molar-refractivity contribution in [3.8, 4) is 17.2 Å². The molecular weight excluding hydrogens is 322 g/mol. The largest absolute Gasteiger partial charge is 0.493 e. The highest BCUT2D eigenvalue weighted by atomic mass is 16.5. The van der Waals surface area contributed by atoms with Crippen molar-refractivity contribution in [3.63, 3.8) is 0 Å². The van der Waals surface area contributed by atoms with E-state index in [1.165, 1.54) is 0 Å². The number of likely N-dealkylation sites (tertiary alicyclic amines) is 1. The maximum Gasteiger partial charge on any atom is 0.234 e. The Morgan fingerprint density at radius 1 is 1.24 bits per heavy atom. The van der Waals surface area contributed by atoms with E-state index in [9.17, 15) is 4.79 Å². The van der Waals surface area contributed by atoms with E-state index < -0.39 is 0 Å². The van der Waals surface area contributed by atoms with Gasteiger partial charge < -0.3 is 25.3 Å². The van der Waals surface area contributed by atoms with E-state index in [2.05, 4.69) is 17.1 Å². The third-order valence-electron chi connectivity index (χ3n) is 4.71. The van der Waals surface area contributed by atoms with E-state index in [4.69, 9.17) is 19.9 Å². The van der Waals surface area contributed by atoms with Crippen molar-refractivity contribution < 1.29 is 19.0 Å². The second kappa shape index (κ2) is 8.40. The van der Waals surface area contributed by atoms with E-state index in [1.807, 2.05) is 12.1 Å². The average molecular weight is 351 g/mol. The highest BCUT2D eigenvalue weighted by molar-refractivity contribution is 5.78. The van der Waals surface area contributed by atoms with Crippen molar-refractivity contribution in [3.05, 3.63) is 17.7 Å². The minimum Gasteiger partial charge on any atom is -0.493 e. The molecule has 1 aliphatic heterocycles. The summed E-state index contributed by atoms with van der Waals surface area (Å²) in [4.78, 5) is 14.4. The molecule has 1 unspecified atom stereocenters. The number of carbonyl (C=O) groups excluding carboxylic acids is 1. The van der Waals surface area contributed by atoms with Gasteiger partial charge in [0.05, 0.1) is 27.9 Å². The maximum atomic E-state index is 12.2. The second-order valence-electron chi connectivity index (χ2n) is 6.79. The van der Waals surface area contributed by atoms with Crippen LogP contribution in [0.25, 0.3) is 0 Å². The fourth-order valence-electron chi connectivity index (χ4n) is 3.12. The first kappa shape index (κ1) is 19.3. The fraction of sp³-hybridized carbons (Fsp3) is 0.611. The summed E-state index contributed by atoms with van der Waals surface area (Å²) in [6.07, 6.45) is 1.03. The molecule has 0 aromatic heterocycles. The van der Waals surface area contributed by atoms with Crippen LogP contribution in [-0.2, 0) is 11.3 Å². The Morgan fingerprint density at radius 3 is 2.36 bits per heavy atom. The van der Waals surface area contributed by atoms with Gasteiger partial charge in [0, 0.05) is 13.1 Å². The summed E-state index contributed by atoms with van der Waals surface area (Å²) < 4.78 is 16.0. The van der Waals surface area contributed by atoms with Crippen molar-refractivity contribution in [2.24, 2.45) is 11.1 Å². The Morgan fingerprint density at radius 2 is 1.88 bits per heavy atom. The van der Waals surface area contributed by atoms with E-state index in [0.29, 0.717) is 36.9 Å². The number of benzene rings is 1. The van der Waals surface area contributed by atoms with Gasteiger partial charge in [0.15, 0.2) is 11.5 Å². The smallest absolute Gasteiger partial charge is 0.234 e. The summed E-state index contributed by atoms with van der Waals surface area (Å²) in [5.41, 5.74) is 6.82. The highest BCUT2D eigenvalue weighted by Crippen LogP contribution is 2.38. The molecule has 1 amide bonds. The normalized spacial score (nSPS) is 20.4. The molecule has 7 nitrogen and oxygen atoms in total. The Bertz CT molecular complexity index is 583. The fourth-order valence-corrected chi connectivity index (χ4v) is 3.12. The Hall–Kier alpha value is -1.99. The molecule has 0 radical (unpaired) electrons. The summed E-state index contributed by atoms with van der Waals surface area (Å²) >= 11 is 0. The quantitative estimate of drug-likeness (QED) is 0.727. The number of carbonyl (C=O) groups is 1. The molecule has 0 spiro atoms. The number of hydrogen-bond donors (Lipinski definition) is 2. The van der Waals surface area contributed by atoms with Crippen LogP contribution in [0.4, 0.5) is 0 Å². The number of nitrogens with zero attached hydrogens (tertiary/aromatic N) is 1. The molecule has 25 heavy (non-hydrogen) atoms. The Balaban J connectivity index is 1.93. The topological polar surface area (TPSA) is 86.1 Å². The first-order valence-corrected chi connectivity index (χ1v) is 8.42. The van der Waals surface area contributed by atoms with Crippen LogP contribution < -0.4 is 25.3 Å². The number of amides is 1. The summed E-state index contributed by atoms with van der Waals surface area (Å²) in [6.45, 7) is 5.38. The van der Waals surface area contributed by atoms with Crippen molar-refractivity contribution in [1.29, 1.82) is 0 Å². The molecule has 1 aromatic rings. The lowest BCUT2D eigenvalue weighted by molar-refractivity contribution is -0.122. The number of nitrogens with two attached hydrogens (primary N) is 1. The van der Waals surface area contributed by atoms with Gasteiger partial charge in [0.2, 0.25) is 11.7 Å². The number of hydrogen-bond acceptors (Lipinski definition) is 6. The predicted molar refractivity (Wildman–Crippen MR) is 96.2 cm³/mol. The molecule has 1 saturated heterocycles. The first-order chi connectivity index (χ1) is 11.9. The van der Waals surface area contributed by atoms with Crippen LogP contribution in [0.3, 0.4) is 0 Å². The second-order valence-corrected chi connectivity index (χ2v) is 6.79. The van der Waals surface area contributed by atoms with Crippen LogP contribution in [-0.4, -0.2) is 58.3 Å². The minimum atomic E-state index is -0.00461. The minimum absolute atomic E-state index is 0.00461. The van der Waals surface area contributed by atoms with Gasteiger partial charge in [-0.2, -0.15) is 0 Å². The van der Waals surface area contributed by atoms with Crippen LogP contribution >= 0.6 is 0 Å². The molecule has 7 heteroatoms. The number of methoxy groups -OCH3 is 3. The number of ether oxygens (including phenoxy) is 3. The average Bonchev–Trinajstić information content (AvgIpc) is 3.00. The SMILES string of the molecule is COc1cc(CNC(=O)CN2CCC(C)(CN)C2)cc(OC)c1OC. The van der Waals surface area contributed by atoms with Crippen LogP contribution in [0.1, 0.15) is 18.9 Å². The molecule has 1 aliphatic rings. The Kier molecular flexibility index (Phi) is 6.50. The van der Waals surface area contributed by atoms with E-state index in [1.54, 1.807) is 21.3 Å². The van der Waals surface area contributed by atoms with Gasteiger partial charge >= 0.3 is 0 Å². The Labute approximate surface area is 149 Å². The van der Waals surface area contributed by atoms with Crippen LogP contribution in [0.15, 0.2) is 12.1 Å². The molecule has 140 valence electrons. The summed E-state index contributed by atoms with van der Waals surface area (Å²) in [7, 11) is 4.70. The molecule has 3 N–H and O–H groups in total. The maximum absolute atomic E-state index is 12.2. The van der Waals surface area contributed by atoms with Gasteiger partial charge in [-0.15, -0.1) is 0 Å². The van der Waals surface area contributed by atoms with Crippen molar-refractivity contribution >= 4 is 5.91 Å². The van der Waals surface area contributed by atoms with Crippen molar-refractivity contribution in [2.45, 2.75) is 19.9 Å².